The maximum absolute atomic E-state index is 12.7. The summed E-state index contributed by atoms with van der Waals surface area (Å²) < 4.78 is 17.0. The first kappa shape index (κ1) is 19.2. The normalized spacial score (nSPS) is 10.5. The molecule has 0 fully saturated rings. The topological polar surface area (TPSA) is 105 Å². The van der Waals surface area contributed by atoms with E-state index in [4.69, 9.17) is 14.2 Å². The van der Waals surface area contributed by atoms with Crippen LogP contribution in [-0.4, -0.2) is 41.3 Å². The van der Waals surface area contributed by atoms with Gasteiger partial charge >= 0.3 is 5.56 Å². The van der Waals surface area contributed by atoms with E-state index in [9.17, 15) is 9.59 Å². The Labute approximate surface area is 160 Å². The van der Waals surface area contributed by atoms with E-state index in [2.05, 4.69) is 15.3 Å². The molecule has 0 radical (unpaired) electrons. The van der Waals surface area contributed by atoms with Crippen LogP contribution >= 0.6 is 0 Å². The molecule has 2 aromatic heterocycles. The van der Waals surface area contributed by atoms with Gasteiger partial charge in [-0.25, -0.2) is 9.97 Å². The van der Waals surface area contributed by atoms with Crippen molar-refractivity contribution in [3.8, 4) is 17.4 Å². The highest BCUT2D eigenvalue weighted by atomic mass is 16.5. The summed E-state index contributed by atoms with van der Waals surface area (Å²) >= 11 is 0. The highest BCUT2D eigenvalue weighted by molar-refractivity contribution is 5.93. The Hall–Kier alpha value is -3.62. The molecule has 0 unspecified atom stereocenters. The van der Waals surface area contributed by atoms with Crippen LogP contribution in [0.2, 0.25) is 0 Å². The molecule has 9 heteroatoms. The van der Waals surface area contributed by atoms with Crippen LogP contribution in [-0.2, 0) is 11.3 Å². The minimum Gasteiger partial charge on any atom is -0.497 e. The average molecular weight is 384 g/mol. The maximum Gasteiger partial charge on any atom is 0.315 e. The predicted octanol–water partition coefficient (Wildman–Crippen LogP) is 1.85. The number of pyridine rings is 1. The third-order valence-corrected chi connectivity index (χ3v) is 3.94. The number of ether oxygens (including phenoxy) is 3. The summed E-state index contributed by atoms with van der Waals surface area (Å²) in [7, 11) is 3.02. The van der Waals surface area contributed by atoms with Crippen molar-refractivity contribution in [3.63, 3.8) is 0 Å². The number of benzene rings is 1. The summed E-state index contributed by atoms with van der Waals surface area (Å²) in [6.07, 6.45) is 1.53. The Morgan fingerprint density at radius 2 is 2.04 bits per heavy atom. The summed E-state index contributed by atoms with van der Waals surface area (Å²) in [5.74, 6) is 0.515. The first-order valence-electron chi connectivity index (χ1n) is 8.57. The highest BCUT2D eigenvalue weighted by Gasteiger charge is 2.16. The van der Waals surface area contributed by atoms with E-state index < -0.39 is 11.5 Å². The van der Waals surface area contributed by atoms with Crippen LogP contribution in [0, 0.1) is 0 Å². The summed E-state index contributed by atoms with van der Waals surface area (Å²) in [6, 6.07) is 8.42. The number of rotatable bonds is 7. The molecule has 0 atom stereocenters. The van der Waals surface area contributed by atoms with Crippen LogP contribution in [0.5, 0.6) is 17.4 Å². The van der Waals surface area contributed by atoms with Crippen LogP contribution in [0.3, 0.4) is 0 Å². The zero-order valence-corrected chi connectivity index (χ0v) is 15.8. The molecule has 3 rings (SSSR count). The molecular weight excluding hydrogens is 364 g/mol. The molecule has 1 N–H and O–H groups in total. The molecule has 28 heavy (non-hydrogen) atoms. The number of carbonyl (C=O) groups excluding carboxylic acids is 1. The molecule has 2 heterocycles. The highest BCUT2D eigenvalue weighted by Crippen LogP contribution is 2.28. The number of amides is 1. The van der Waals surface area contributed by atoms with Gasteiger partial charge in [0.2, 0.25) is 5.91 Å². The lowest BCUT2D eigenvalue weighted by Gasteiger charge is -2.14. The van der Waals surface area contributed by atoms with Gasteiger partial charge in [0.05, 0.1) is 26.5 Å². The monoisotopic (exact) mass is 384 g/mol. The number of nitrogens with one attached hydrogen (secondary N) is 1. The third kappa shape index (κ3) is 3.88. The first-order valence-corrected chi connectivity index (χ1v) is 8.57. The molecule has 3 aromatic rings. The lowest BCUT2D eigenvalue weighted by molar-refractivity contribution is -0.116. The number of aromatic nitrogens is 3. The number of anilines is 1. The van der Waals surface area contributed by atoms with E-state index in [1.165, 1.54) is 25.0 Å². The van der Waals surface area contributed by atoms with E-state index in [0.717, 1.165) is 0 Å². The van der Waals surface area contributed by atoms with Crippen molar-refractivity contribution in [1.29, 1.82) is 0 Å². The van der Waals surface area contributed by atoms with Gasteiger partial charge in [0, 0.05) is 12.3 Å². The van der Waals surface area contributed by atoms with Gasteiger partial charge in [-0.05, 0) is 31.2 Å². The molecule has 0 saturated heterocycles. The van der Waals surface area contributed by atoms with Crippen molar-refractivity contribution in [3.05, 3.63) is 46.9 Å². The van der Waals surface area contributed by atoms with Crippen LogP contribution < -0.4 is 25.1 Å². The molecule has 0 spiro atoms. The quantitative estimate of drug-likeness (QED) is 0.663. The fourth-order valence-electron chi connectivity index (χ4n) is 2.68. The molecule has 0 aliphatic carbocycles. The summed E-state index contributed by atoms with van der Waals surface area (Å²) in [5.41, 5.74) is 0.651. The lowest BCUT2D eigenvalue weighted by atomic mass is 10.2. The van der Waals surface area contributed by atoms with E-state index in [-0.39, 0.29) is 19.0 Å². The van der Waals surface area contributed by atoms with Gasteiger partial charge in [0.25, 0.3) is 5.88 Å². The number of fused-ring (bicyclic) bond motifs is 1. The minimum absolute atomic E-state index is 0.0743. The van der Waals surface area contributed by atoms with Gasteiger partial charge in [-0.1, -0.05) is 0 Å². The standard InChI is InChI=1S/C19H20N4O5/c1-4-28-18-19(25)23(17-13(22-18)6-5-9-20-17)11-16(24)21-14-10-12(26-2)7-8-15(14)27-3/h5-10H,4,11H2,1-3H3,(H,21,24). The fraction of sp³-hybridized carbons (Fsp3) is 0.263. The Morgan fingerprint density at radius 3 is 2.75 bits per heavy atom. The van der Waals surface area contributed by atoms with Crippen LogP contribution in [0.15, 0.2) is 41.3 Å². The third-order valence-electron chi connectivity index (χ3n) is 3.94. The van der Waals surface area contributed by atoms with E-state index in [0.29, 0.717) is 28.4 Å². The van der Waals surface area contributed by atoms with Gasteiger partial charge in [-0.3, -0.25) is 14.2 Å². The molecular formula is C19H20N4O5. The SMILES string of the molecule is CCOc1nc2cccnc2n(CC(=O)Nc2cc(OC)ccc2OC)c1=O. The Kier molecular flexibility index (Phi) is 5.73. The van der Waals surface area contributed by atoms with Gasteiger partial charge < -0.3 is 19.5 Å². The molecule has 0 aliphatic heterocycles. The maximum atomic E-state index is 12.7. The largest absolute Gasteiger partial charge is 0.497 e. The Balaban J connectivity index is 1.95. The second-order valence-electron chi connectivity index (χ2n) is 5.70. The minimum atomic E-state index is -0.527. The van der Waals surface area contributed by atoms with Crippen molar-refractivity contribution in [2.45, 2.75) is 13.5 Å². The van der Waals surface area contributed by atoms with Gasteiger partial charge in [-0.2, -0.15) is 0 Å². The second-order valence-corrected chi connectivity index (χ2v) is 5.70. The predicted molar refractivity (Wildman–Crippen MR) is 103 cm³/mol. The molecule has 9 nitrogen and oxygen atoms in total. The molecule has 0 bridgehead atoms. The van der Waals surface area contributed by atoms with E-state index in [1.807, 2.05) is 0 Å². The average Bonchev–Trinajstić information content (AvgIpc) is 2.71. The number of hydrogen-bond donors (Lipinski definition) is 1. The van der Waals surface area contributed by atoms with Gasteiger partial charge in [0.1, 0.15) is 23.6 Å². The van der Waals surface area contributed by atoms with E-state index in [1.54, 1.807) is 37.3 Å². The van der Waals surface area contributed by atoms with Crippen LogP contribution in [0.25, 0.3) is 11.2 Å². The molecule has 146 valence electrons. The smallest absolute Gasteiger partial charge is 0.315 e. The second kappa shape index (κ2) is 8.38. The Morgan fingerprint density at radius 1 is 1.21 bits per heavy atom. The first-order chi connectivity index (χ1) is 13.6. The lowest BCUT2D eigenvalue weighted by Crippen LogP contribution is -2.30. The fourth-order valence-corrected chi connectivity index (χ4v) is 2.68. The Bertz CT molecular complexity index is 1060. The van der Waals surface area contributed by atoms with Crippen molar-refractivity contribution < 1.29 is 19.0 Å². The molecule has 1 amide bonds. The molecule has 1 aromatic carbocycles. The number of methoxy groups -OCH3 is 2. The summed E-state index contributed by atoms with van der Waals surface area (Å²) in [5, 5.41) is 2.74. The summed E-state index contributed by atoms with van der Waals surface area (Å²) in [4.78, 5) is 33.7. The van der Waals surface area contributed by atoms with Crippen molar-refractivity contribution in [2.75, 3.05) is 26.1 Å². The van der Waals surface area contributed by atoms with Crippen molar-refractivity contribution in [2.24, 2.45) is 0 Å². The van der Waals surface area contributed by atoms with Crippen molar-refractivity contribution >= 4 is 22.8 Å². The van der Waals surface area contributed by atoms with Crippen molar-refractivity contribution in [1.82, 2.24) is 14.5 Å². The number of carbonyl (C=O) groups is 1. The van der Waals surface area contributed by atoms with Gasteiger partial charge in [0.15, 0.2) is 5.65 Å². The molecule has 0 aliphatic rings. The summed E-state index contributed by atoms with van der Waals surface area (Å²) in [6.45, 7) is 1.76. The van der Waals surface area contributed by atoms with E-state index >= 15 is 0 Å². The number of hydrogen-bond acceptors (Lipinski definition) is 7. The zero-order chi connectivity index (χ0) is 20.1. The number of nitrogens with zero attached hydrogens (tertiary/aromatic N) is 3. The van der Waals surface area contributed by atoms with Gasteiger partial charge in [-0.15, -0.1) is 0 Å². The zero-order valence-electron chi connectivity index (χ0n) is 15.8. The molecule has 0 saturated carbocycles. The van der Waals surface area contributed by atoms with Crippen LogP contribution in [0.4, 0.5) is 5.69 Å². The van der Waals surface area contributed by atoms with Crippen LogP contribution in [0.1, 0.15) is 6.92 Å².